The summed E-state index contributed by atoms with van der Waals surface area (Å²) >= 11 is 0. The maximum atomic E-state index is 12.7. The first-order valence-corrected chi connectivity index (χ1v) is 7.24. The normalized spacial score (nSPS) is 41.4. The van der Waals surface area contributed by atoms with Crippen LogP contribution in [-0.4, -0.2) is 41.3 Å². The van der Waals surface area contributed by atoms with Crippen molar-refractivity contribution in [3.63, 3.8) is 0 Å². The Morgan fingerprint density at radius 3 is 2.78 bits per heavy atom. The number of carbonyl (C=O) groups excluding carboxylic acids is 1. The number of nitrogens with zero attached hydrogens (tertiary/aromatic N) is 1. The molecule has 4 heteroatoms. The van der Waals surface area contributed by atoms with Crippen LogP contribution in [0.15, 0.2) is 0 Å². The van der Waals surface area contributed by atoms with Crippen molar-refractivity contribution in [2.24, 2.45) is 0 Å². The van der Waals surface area contributed by atoms with E-state index in [-0.39, 0.29) is 23.7 Å². The molecule has 2 saturated heterocycles. The van der Waals surface area contributed by atoms with Gasteiger partial charge in [0.05, 0.1) is 17.8 Å². The van der Waals surface area contributed by atoms with Crippen molar-refractivity contribution in [1.82, 2.24) is 10.2 Å². The zero-order valence-electron chi connectivity index (χ0n) is 12.0. The standard InChI is InChI=1S/C14H26N2O2/c1-5-12-15-14(4,6-2)13(17)16(12)11-7-8-18-10(3)9-11/h10-12,15H,5-9H2,1-4H3. The lowest BCUT2D eigenvalue weighted by Crippen LogP contribution is -2.48. The van der Waals surface area contributed by atoms with Crippen molar-refractivity contribution in [2.45, 2.75) is 77.2 Å². The van der Waals surface area contributed by atoms with Crippen molar-refractivity contribution in [3.05, 3.63) is 0 Å². The van der Waals surface area contributed by atoms with E-state index in [2.05, 4.69) is 31.0 Å². The molecule has 0 aromatic carbocycles. The Morgan fingerprint density at radius 2 is 2.22 bits per heavy atom. The number of nitrogens with one attached hydrogen (secondary N) is 1. The van der Waals surface area contributed by atoms with Crippen LogP contribution in [0.1, 0.15) is 53.4 Å². The maximum absolute atomic E-state index is 12.7. The van der Waals surface area contributed by atoms with Gasteiger partial charge in [-0.05, 0) is 39.5 Å². The van der Waals surface area contributed by atoms with Crippen molar-refractivity contribution >= 4 is 5.91 Å². The predicted molar refractivity (Wildman–Crippen MR) is 71.2 cm³/mol. The third-order valence-corrected chi connectivity index (χ3v) is 4.47. The molecule has 1 N–H and O–H groups in total. The van der Waals surface area contributed by atoms with Crippen molar-refractivity contribution in [1.29, 1.82) is 0 Å². The van der Waals surface area contributed by atoms with Crippen LogP contribution in [0.3, 0.4) is 0 Å². The highest BCUT2D eigenvalue weighted by Gasteiger charge is 2.48. The van der Waals surface area contributed by atoms with Crippen LogP contribution >= 0.6 is 0 Å². The van der Waals surface area contributed by atoms with E-state index in [4.69, 9.17) is 4.74 Å². The number of hydrogen-bond acceptors (Lipinski definition) is 3. The summed E-state index contributed by atoms with van der Waals surface area (Å²) in [6.45, 7) is 9.12. The van der Waals surface area contributed by atoms with Gasteiger partial charge in [-0.2, -0.15) is 0 Å². The van der Waals surface area contributed by atoms with E-state index < -0.39 is 0 Å². The minimum atomic E-state index is -0.373. The highest BCUT2D eigenvalue weighted by molar-refractivity contribution is 5.88. The molecule has 4 nitrogen and oxygen atoms in total. The zero-order valence-corrected chi connectivity index (χ0v) is 12.0. The molecule has 18 heavy (non-hydrogen) atoms. The molecule has 0 aromatic rings. The summed E-state index contributed by atoms with van der Waals surface area (Å²) in [7, 11) is 0. The largest absolute Gasteiger partial charge is 0.378 e. The number of hydrogen-bond donors (Lipinski definition) is 1. The molecule has 2 aliphatic rings. The second-order valence-corrected chi connectivity index (χ2v) is 5.83. The average Bonchev–Trinajstić information content (AvgIpc) is 2.62. The van der Waals surface area contributed by atoms with Crippen molar-refractivity contribution in [2.75, 3.05) is 6.61 Å². The first kappa shape index (κ1) is 13.8. The molecule has 0 aliphatic carbocycles. The molecule has 0 radical (unpaired) electrons. The Morgan fingerprint density at radius 1 is 1.50 bits per heavy atom. The molecule has 0 aromatic heterocycles. The third-order valence-electron chi connectivity index (χ3n) is 4.47. The number of carbonyl (C=O) groups is 1. The van der Waals surface area contributed by atoms with Gasteiger partial charge in [0.2, 0.25) is 5.91 Å². The molecule has 2 aliphatic heterocycles. The highest BCUT2D eigenvalue weighted by Crippen LogP contribution is 2.31. The van der Waals surface area contributed by atoms with Crippen LogP contribution < -0.4 is 5.32 Å². The van der Waals surface area contributed by atoms with Gasteiger partial charge in [-0.3, -0.25) is 10.1 Å². The van der Waals surface area contributed by atoms with Crippen molar-refractivity contribution < 1.29 is 9.53 Å². The molecule has 4 atom stereocenters. The monoisotopic (exact) mass is 254 g/mol. The molecule has 4 unspecified atom stereocenters. The lowest BCUT2D eigenvalue weighted by molar-refractivity contribution is -0.138. The van der Waals surface area contributed by atoms with Crippen LogP contribution in [-0.2, 0) is 9.53 Å². The minimum Gasteiger partial charge on any atom is -0.378 e. The maximum Gasteiger partial charge on any atom is 0.244 e. The Hall–Kier alpha value is -0.610. The van der Waals surface area contributed by atoms with Gasteiger partial charge in [0, 0.05) is 12.6 Å². The number of rotatable bonds is 3. The zero-order chi connectivity index (χ0) is 13.3. The van der Waals surface area contributed by atoms with Gasteiger partial charge in [-0.25, -0.2) is 0 Å². The van der Waals surface area contributed by atoms with Gasteiger partial charge in [0.25, 0.3) is 0 Å². The second kappa shape index (κ2) is 5.17. The molecule has 1 amide bonds. The van der Waals surface area contributed by atoms with E-state index >= 15 is 0 Å². The van der Waals surface area contributed by atoms with E-state index in [0.717, 1.165) is 32.3 Å². The van der Waals surface area contributed by atoms with E-state index in [1.165, 1.54) is 0 Å². The third kappa shape index (κ3) is 2.28. The van der Waals surface area contributed by atoms with E-state index in [1.54, 1.807) is 0 Å². The lowest BCUT2D eigenvalue weighted by Gasteiger charge is -2.37. The van der Waals surface area contributed by atoms with Gasteiger partial charge >= 0.3 is 0 Å². The molecule has 2 rings (SSSR count). The molecule has 104 valence electrons. The predicted octanol–water partition coefficient (Wildman–Crippen LogP) is 1.89. The smallest absolute Gasteiger partial charge is 0.244 e. The lowest BCUT2D eigenvalue weighted by atomic mass is 9.97. The van der Waals surface area contributed by atoms with Gasteiger partial charge < -0.3 is 9.64 Å². The van der Waals surface area contributed by atoms with Gasteiger partial charge in [-0.15, -0.1) is 0 Å². The van der Waals surface area contributed by atoms with Crippen LogP contribution in [0.2, 0.25) is 0 Å². The van der Waals surface area contributed by atoms with Crippen LogP contribution in [0, 0.1) is 0 Å². The summed E-state index contributed by atoms with van der Waals surface area (Å²) < 4.78 is 5.59. The molecule has 0 saturated carbocycles. The average molecular weight is 254 g/mol. The fraction of sp³-hybridized carbons (Fsp3) is 0.929. The summed E-state index contributed by atoms with van der Waals surface area (Å²) in [5, 5.41) is 3.51. The van der Waals surface area contributed by atoms with E-state index in [1.807, 2.05) is 6.92 Å². The molecule has 0 spiro atoms. The quantitative estimate of drug-likeness (QED) is 0.836. The fourth-order valence-corrected chi connectivity index (χ4v) is 3.12. The first-order valence-electron chi connectivity index (χ1n) is 7.24. The summed E-state index contributed by atoms with van der Waals surface area (Å²) in [6.07, 6.45) is 4.20. The number of amides is 1. The summed E-state index contributed by atoms with van der Waals surface area (Å²) in [6, 6.07) is 0.340. The fourth-order valence-electron chi connectivity index (χ4n) is 3.12. The molecular weight excluding hydrogens is 228 g/mol. The topological polar surface area (TPSA) is 41.6 Å². The Labute approximate surface area is 110 Å². The van der Waals surface area contributed by atoms with Gasteiger partial charge in [0.15, 0.2) is 0 Å². The molecular formula is C14H26N2O2. The molecule has 0 bridgehead atoms. The Kier molecular flexibility index (Phi) is 3.97. The van der Waals surface area contributed by atoms with Crippen LogP contribution in [0.5, 0.6) is 0 Å². The molecule has 2 heterocycles. The summed E-state index contributed by atoms with van der Waals surface area (Å²) in [5.74, 6) is 0.274. The number of ether oxygens (including phenoxy) is 1. The SMILES string of the molecule is CCC1NC(C)(CC)C(=O)N1C1CCOC(C)C1. The minimum absolute atomic E-state index is 0.192. The highest BCUT2D eigenvalue weighted by atomic mass is 16.5. The van der Waals surface area contributed by atoms with Crippen LogP contribution in [0.4, 0.5) is 0 Å². The summed E-state index contributed by atoms with van der Waals surface area (Å²) in [4.78, 5) is 14.8. The molecule has 2 fully saturated rings. The van der Waals surface area contributed by atoms with E-state index in [9.17, 15) is 4.79 Å². The summed E-state index contributed by atoms with van der Waals surface area (Å²) in [5.41, 5.74) is -0.373. The first-order chi connectivity index (χ1) is 8.51. The second-order valence-electron chi connectivity index (χ2n) is 5.83. The van der Waals surface area contributed by atoms with Gasteiger partial charge in [0.1, 0.15) is 0 Å². The Balaban J connectivity index is 2.17. The van der Waals surface area contributed by atoms with Crippen molar-refractivity contribution in [3.8, 4) is 0 Å². The van der Waals surface area contributed by atoms with E-state index in [0.29, 0.717) is 6.04 Å². The Bertz CT molecular complexity index is 321. The van der Waals surface area contributed by atoms with Gasteiger partial charge in [-0.1, -0.05) is 13.8 Å². The van der Waals surface area contributed by atoms with Crippen LogP contribution in [0.25, 0.3) is 0 Å².